The fourth-order valence-electron chi connectivity index (χ4n) is 1.57. The second kappa shape index (κ2) is 5.14. The van der Waals surface area contributed by atoms with Gasteiger partial charge in [0.1, 0.15) is 0 Å². The molecule has 1 aromatic heterocycles. The van der Waals surface area contributed by atoms with Gasteiger partial charge in [-0.1, -0.05) is 0 Å². The van der Waals surface area contributed by atoms with Crippen LogP contribution in [0.1, 0.15) is 10.4 Å². The molecular weight excluding hydrogens is 250 g/mol. The number of nitrogens with one attached hydrogen (secondary N) is 1. The maximum Gasteiger partial charge on any atom is 0.254 e. The van der Waals surface area contributed by atoms with E-state index in [1.165, 1.54) is 16.2 Å². The first kappa shape index (κ1) is 12.5. The number of hydrogen-bond acceptors (Lipinski definition) is 4. The zero-order valence-electron chi connectivity index (χ0n) is 10.1. The first-order chi connectivity index (χ1) is 8.61. The molecule has 0 aliphatic heterocycles. The molecule has 5 nitrogen and oxygen atoms in total. The van der Waals surface area contributed by atoms with Crippen LogP contribution in [0.2, 0.25) is 0 Å². The SMILES string of the molecule is CNC(=O)CN(C)C(=O)c1ccc2ncsc2c1. The van der Waals surface area contributed by atoms with E-state index in [1.807, 2.05) is 6.07 Å². The first-order valence-corrected chi connectivity index (χ1v) is 6.29. The fourth-order valence-corrected chi connectivity index (χ4v) is 2.29. The summed E-state index contributed by atoms with van der Waals surface area (Å²) >= 11 is 1.49. The molecule has 0 unspecified atom stereocenters. The van der Waals surface area contributed by atoms with E-state index in [1.54, 1.807) is 31.7 Å². The highest BCUT2D eigenvalue weighted by Crippen LogP contribution is 2.19. The Morgan fingerprint density at radius 1 is 1.44 bits per heavy atom. The predicted molar refractivity (Wildman–Crippen MR) is 70.6 cm³/mol. The number of hydrogen-bond donors (Lipinski definition) is 1. The van der Waals surface area contributed by atoms with Gasteiger partial charge in [0.05, 0.1) is 22.3 Å². The van der Waals surface area contributed by atoms with E-state index >= 15 is 0 Å². The Hall–Kier alpha value is -1.95. The van der Waals surface area contributed by atoms with Gasteiger partial charge in [-0.3, -0.25) is 9.59 Å². The van der Waals surface area contributed by atoms with E-state index < -0.39 is 0 Å². The molecule has 0 saturated carbocycles. The number of thiazole rings is 1. The average Bonchev–Trinajstić information content (AvgIpc) is 2.84. The van der Waals surface area contributed by atoms with E-state index in [4.69, 9.17) is 0 Å². The minimum atomic E-state index is -0.190. The number of rotatable bonds is 3. The second-order valence-corrected chi connectivity index (χ2v) is 4.76. The van der Waals surface area contributed by atoms with Crippen molar-refractivity contribution in [2.45, 2.75) is 0 Å². The maximum absolute atomic E-state index is 12.1. The highest BCUT2D eigenvalue weighted by Gasteiger charge is 2.14. The van der Waals surface area contributed by atoms with Gasteiger partial charge in [-0.25, -0.2) is 4.98 Å². The first-order valence-electron chi connectivity index (χ1n) is 5.41. The van der Waals surface area contributed by atoms with Crippen LogP contribution in [-0.4, -0.2) is 42.3 Å². The molecule has 0 saturated heterocycles. The molecule has 1 aromatic carbocycles. The Morgan fingerprint density at radius 3 is 2.94 bits per heavy atom. The van der Waals surface area contributed by atoms with E-state index in [2.05, 4.69) is 10.3 Å². The van der Waals surface area contributed by atoms with Gasteiger partial charge in [-0.15, -0.1) is 11.3 Å². The Morgan fingerprint density at radius 2 is 2.22 bits per heavy atom. The van der Waals surface area contributed by atoms with Gasteiger partial charge >= 0.3 is 0 Å². The van der Waals surface area contributed by atoms with Crippen molar-refractivity contribution in [1.29, 1.82) is 0 Å². The number of carbonyl (C=O) groups excluding carboxylic acids is 2. The highest BCUT2D eigenvalue weighted by molar-refractivity contribution is 7.16. The van der Waals surface area contributed by atoms with Crippen molar-refractivity contribution in [3.05, 3.63) is 29.3 Å². The molecule has 6 heteroatoms. The maximum atomic E-state index is 12.1. The quantitative estimate of drug-likeness (QED) is 0.902. The summed E-state index contributed by atoms with van der Waals surface area (Å²) in [4.78, 5) is 28.9. The highest BCUT2D eigenvalue weighted by atomic mass is 32.1. The number of likely N-dealkylation sites (N-methyl/N-ethyl adjacent to an activating group) is 2. The molecule has 0 aliphatic rings. The zero-order chi connectivity index (χ0) is 13.1. The molecule has 2 aromatic rings. The number of nitrogens with zero attached hydrogens (tertiary/aromatic N) is 2. The third-order valence-electron chi connectivity index (χ3n) is 2.58. The molecule has 18 heavy (non-hydrogen) atoms. The smallest absolute Gasteiger partial charge is 0.254 e. The van der Waals surface area contributed by atoms with Crippen LogP contribution in [0.4, 0.5) is 0 Å². The van der Waals surface area contributed by atoms with Crippen molar-refractivity contribution in [2.24, 2.45) is 0 Å². The summed E-state index contributed by atoms with van der Waals surface area (Å²) in [7, 11) is 3.15. The van der Waals surface area contributed by atoms with Crippen LogP contribution in [0.25, 0.3) is 10.2 Å². The fraction of sp³-hybridized carbons (Fsp3) is 0.250. The van der Waals surface area contributed by atoms with Gasteiger partial charge < -0.3 is 10.2 Å². The van der Waals surface area contributed by atoms with E-state index in [9.17, 15) is 9.59 Å². The number of benzene rings is 1. The minimum Gasteiger partial charge on any atom is -0.358 e. The van der Waals surface area contributed by atoms with Gasteiger partial charge in [0.25, 0.3) is 5.91 Å². The summed E-state index contributed by atoms with van der Waals surface area (Å²) in [6.45, 7) is 0.0516. The Balaban J connectivity index is 2.19. The Bertz CT molecular complexity index is 594. The molecular formula is C12H13N3O2S. The van der Waals surface area contributed by atoms with Crippen molar-refractivity contribution >= 4 is 33.4 Å². The van der Waals surface area contributed by atoms with Crippen molar-refractivity contribution in [1.82, 2.24) is 15.2 Å². The summed E-state index contributed by atoms with van der Waals surface area (Å²) in [6.07, 6.45) is 0. The van der Waals surface area contributed by atoms with E-state index in [0.717, 1.165) is 10.2 Å². The van der Waals surface area contributed by atoms with Gasteiger partial charge in [0.2, 0.25) is 5.91 Å². The molecule has 1 N–H and O–H groups in total. The lowest BCUT2D eigenvalue weighted by Crippen LogP contribution is -2.36. The third kappa shape index (κ3) is 2.48. The zero-order valence-corrected chi connectivity index (χ0v) is 11.0. The summed E-state index contributed by atoms with van der Waals surface area (Å²) < 4.78 is 0.967. The Labute approximate surface area is 108 Å². The average molecular weight is 263 g/mol. The van der Waals surface area contributed by atoms with E-state index in [0.29, 0.717) is 5.56 Å². The van der Waals surface area contributed by atoms with Crippen molar-refractivity contribution < 1.29 is 9.59 Å². The molecule has 94 valence electrons. The molecule has 0 radical (unpaired) electrons. The normalized spacial score (nSPS) is 10.3. The standard InChI is InChI=1S/C12H13N3O2S/c1-13-11(16)6-15(2)12(17)8-3-4-9-10(5-8)18-7-14-9/h3-5,7H,6H2,1-2H3,(H,13,16). The summed E-state index contributed by atoms with van der Waals surface area (Å²) in [6, 6.07) is 5.34. The molecule has 2 rings (SSSR count). The lowest BCUT2D eigenvalue weighted by Gasteiger charge is -2.15. The molecule has 2 amide bonds. The van der Waals surface area contributed by atoms with Crippen LogP contribution in [-0.2, 0) is 4.79 Å². The van der Waals surface area contributed by atoms with Crippen LogP contribution < -0.4 is 5.32 Å². The molecule has 0 fully saturated rings. The molecule has 0 bridgehead atoms. The largest absolute Gasteiger partial charge is 0.358 e. The third-order valence-corrected chi connectivity index (χ3v) is 3.38. The summed E-state index contributed by atoms with van der Waals surface area (Å²) in [5.74, 6) is -0.362. The van der Waals surface area contributed by atoms with E-state index in [-0.39, 0.29) is 18.4 Å². The molecule has 0 atom stereocenters. The van der Waals surface area contributed by atoms with Gasteiger partial charge in [0.15, 0.2) is 0 Å². The van der Waals surface area contributed by atoms with Gasteiger partial charge in [-0.2, -0.15) is 0 Å². The van der Waals surface area contributed by atoms with Crippen LogP contribution in [0.15, 0.2) is 23.7 Å². The lowest BCUT2D eigenvalue weighted by molar-refractivity contribution is -0.121. The topological polar surface area (TPSA) is 62.3 Å². The minimum absolute atomic E-state index is 0.0516. The van der Waals surface area contributed by atoms with Crippen molar-refractivity contribution in [2.75, 3.05) is 20.6 Å². The van der Waals surface area contributed by atoms with Crippen LogP contribution in [0.3, 0.4) is 0 Å². The number of amides is 2. The summed E-state index contributed by atoms with van der Waals surface area (Å²) in [5.41, 5.74) is 3.19. The molecule has 0 spiro atoms. The summed E-state index contributed by atoms with van der Waals surface area (Å²) in [5, 5.41) is 2.49. The predicted octanol–water partition coefficient (Wildman–Crippen LogP) is 1.11. The van der Waals surface area contributed by atoms with Gasteiger partial charge in [-0.05, 0) is 18.2 Å². The second-order valence-electron chi connectivity index (χ2n) is 3.87. The molecule has 0 aliphatic carbocycles. The number of fused-ring (bicyclic) bond motifs is 1. The van der Waals surface area contributed by atoms with Crippen LogP contribution in [0, 0.1) is 0 Å². The van der Waals surface area contributed by atoms with Gasteiger partial charge in [0, 0.05) is 19.7 Å². The Kier molecular flexibility index (Phi) is 3.57. The number of carbonyl (C=O) groups is 2. The monoisotopic (exact) mass is 263 g/mol. The lowest BCUT2D eigenvalue weighted by atomic mass is 10.2. The van der Waals surface area contributed by atoms with Crippen LogP contribution >= 0.6 is 11.3 Å². The molecule has 1 heterocycles. The van der Waals surface area contributed by atoms with Crippen molar-refractivity contribution in [3.8, 4) is 0 Å². The number of aromatic nitrogens is 1. The van der Waals surface area contributed by atoms with Crippen LogP contribution in [0.5, 0.6) is 0 Å². The van der Waals surface area contributed by atoms with Crippen molar-refractivity contribution in [3.63, 3.8) is 0 Å².